The van der Waals surface area contributed by atoms with Gasteiger partial charge < -0.3 is 10.2 Å². The second-order valence-corrected chi connectivity index (χ2v) is 7.02. The average Bonchev–Trinajstić information content (AvgIpc) is 2.97. The van der Waals surface area contributed by atoms with Gasteiger partial charge in [-0.05, 0) is 62.0 Å². The number of amides is 1. The van der Waals surface area contributed by atoms with Gasteiger partial charge >= 0.3 is 0 Å². The number of benzene rings is 1. The number of carbonyl (C=O) groups excluding carboxylic acids is 1. The number of carbonyl (C=O) groups is 1. The number of halogens is 1. The van der Waals surface area contributed by atoms with Crippen LogP contribution in [0.2, 0.25) is 0 Å². The number of rotatable bonds is 6. The smallest absolute Gasteiger partial charge is 0.227 e. The average molecular weight is 388 g/mol. The minimum Gasteiger partial charge on any atom is -0.333 e. The van der Waals surface area contributed by atoms with Crippen LogP contribution in [0.5, 0.6) is 0 Å². The van der Waals surface area contributed by atoms with E-state index in [4.69, 9.17) is 0 Å². The zero-order valence-corrected chi connectivity index (χ0v) is 16.9. The van der Waals surface area contributed by atoms with Gasteiger partial charge in [-0.3, -0.25) is 9.78 Å². The summed E-state index contributed by atoms with van der Waals surface area (Å²) >= 11 is 0. The van der Waals surface area contributed by atoms with Gasteiger partial charge in [-0.1, -0.05) is 37.3 Å². The van der Waals surface area contributed by atoms with Gasteiger partial charge in [-0.15, -0.1) is 12.4 Å². The van der Waals surface area contributed by atoms with E-state index in [0.717, 1.165) is 50.0 Å². The van der Waals surface area contributed by atoms with Crippen LogP contribution < -0.4 is 5.32 Å². The maximum atomic E-state index is 13.2. The molecule has 1 unspecified atom stereocenters. The highest BCUT2D eigenvalue weighted by Gasteiger charge is 2.25. The molecule has 1 aliphatic rings. The van der Waals surface area contributed by atoms with E-state index in [1.807, 2.05) is 18.2 Å². The molecule has 0 bridgehead atoms. The fourth-order valence-corrected chi connectivity index (χ4v) is 3.57. The van der Waals surface area contributed by atoms with Gasteiger partial charge in [0.05, 0.1) is 18.7 Å². The lowest BCUT2D eigenvalue weighted by molar-refractivity contribution is -0.133. The minimum atomic E-state index is 0. The molecule has 1 atom stereocenters. The zero-order valence-electron chi connectivity index (χ0n) is 16.1. The van der Waals surface area contributed by atoms with E-state index in [-0.39, 0.29) is 24.4 Å². The minimum absolute atomic E-state index is 0. The van der Waals surface area contributed by atoms with E-state index < -0.39 is 0 Å². The van der Waals surface area contributed by atoms with E-state index >= 15 is 0 Å². The number of hydrogen-bond donors (Lipinski definition) is 1. The number of nitrogens with one attached hydrogen (secondary N) is 1. The Kier molecular flexibility index (Phi) is 8.76. The summed E-state index contributed by atoms with van der Waals surface area (Å²) in [5.41, 5.74) is 3.35. The molecule has 3 rings (SSSR count). The van der Waals surface area contributed by atoms with Gasteiger partial charge in [0.25, 0.3) is 0 Å². The van der Waals surface area contributed by atoms with Gasteiger partial charge in [0.2, 0.25) is 5.91 Å². The maximum Gasteiger partial charge on any atom is 0.227 e. The topological polar surface area (TPSA) is 45.2 Å². The third-order valence-corrected chi connectivity index (χ3v) is 5.15. The SMILES string of the molecule is CCc1ccc(CC(=O)N(Cc2ccccn2)C2CCCNCC2)cc1.Cl. The normalized spacial score (nSPS) is 16.9. The molecule has 1 N–H and O–H groups in total. The molecular formula is C22H30ClN3O. The Morgan fingerprint density at radius 1 is 1.11 bits per heavy atom. The van der Waals surface area contributed by atoms with Crippen molar-refractivity contribution in [1.29, 1.82) is 0 Å². The largest absolute Gasteiger partial charge is 0.333 e. The van der Waals surface area contributed by atoms with Gasteiger partial charge in [-0.25, -0.2) is 0 Å². The lowest BCUT2D eigenvalue weighted by Gasteiger charge is -2.31. The highest BCUT2D eigenvalue weighted by atomic mass is 35.5. The molecule has 5 heteroatoms. The Balaban J connectivity index is 0.00000261. The molecule has 0 aliphatic carbocycles. The van der Waals surface area contributed by atoms with Crippen LogP contribution in [0.4, 0.5) is 0 Å². The van der Waals surface area contributed by atoms with Crippen LogP contribution in [0.1, 0.15) is 43.0 Å². The molecule has 1 aliphatic heterocycles. The van der Waals surface area contributed by atoms with Crippen LogP contribution in [0.15, 0.2) is 48.7 Å². The van der Waals surface area contributed by atoms with E-state index in [9.17, 15) is 4.79 Å². The van der Waals surface area contributed by atoms with E-state index in [0.29, 0.717) is 13.0 Å². The van der Waals surface area contributed by atoms with Crippen LogP contribution in [0.3, 0.4) is 0 Å². The summed E-state index contributed by atoms with van der Waals surface area (Å²) in [6.45, 7) is 4.76. The van der Waals surface area contributed by atoms with Gasteiger partial charge in [0.1, 0.15) is 0 Å². The maximum absolute atomic E-state index is 13.2. The lowest BCUT2D eigenvalue weighted by atomic mass is 10.0. The van der Waals surface area contributed by atoms with Gasteiger partial charge in [-0.2, -0.15) is 0 Å². The van der Waals surface area contributed by atoms with Crippen molar-refractivity contribution < 1.29 is 4.79 Å². The molecule has 1 amide bonds. The summed E-state index contributed by atoms with van der Waals surface area (Å²) in [7, 11) is 0. The summed E-state index contributed by atoms with van der Waals surface area (Å²) in [6, 6.07) is 14.6. The molecule has 2 heterocycles. The van der Waals surface area contributed by atoms with Crippen molar-refractivity contribution in [2.24, 2.45) is 0 Å². The van der Waals surface area contributed by atoms with Crippen molar-refractivity contribution in [2.45, 2.75) is 51.6 Å². The molecule has 1 fully saturated rings. The van der Waals surface area contributed by atoms with Crippen molar-refractivity contribution in [3.63, 3.8) is 0 Å². The Bertz CT molecular complexity index is 682. The zero-order chi connectivity index (χ0) is 18.2. The molecule has 1 aromatic carbocycles. The third-order valence-electron chi connectivity index (χ3n) is 5.15. The molecule has 146 valence electrons. The molecule has 0 saturated carbocycles. The van der Waals surface area contributed by atoms with Gasteiger partial charge in [0, 0.05) is 12.2 Å². The third kappa shape index (κ3) is 6.33. The standard InChI is InChI=1S/C22H29N3O.ClH/c1-2-18-8-10-19(11-9-18)16-22(26)25(17-20-6-3-4-14-24-20)21-7-5-13-23-15-12-21;/h3-4,6,8-11,14,21,23H,2,5,7,12-13,15-17H2,1H3;1H. The van der Waals surface area contributed by atoms with Crippen LogP contribution in [-0.4, -0.2) is 34.9 Å². The Hall–Kier alpha value is -1.91. The molecule has 1 aromatic heterocycles. The monoisotopic (exact) mass is 387 g/mol. The van der Waals surface area contributed by atoms with Crippen LogP contribution in [-0.2, 0) is 24.2 Å². The summed E-state index contributed by atoms with van der Waals surface area (Å²) < 4.78 is 0. The molecule has 1 saturated heterocycles. The fraction of sp³-hybridized carbons (Fsp3) is 0.455. The summed E-state index contributed by atoms with van der Waals surface area (Å²) in [5, 5.41) is 3.44. The summed E-state index contributed by atoms with van der Waals surface area (Å²) in [4.78, 5) is 19.7. The Morgan fingerprint density at radius 3 is 2.59 bits per heavy atom. The van der Waals surface area contributed by atoms with Crippen LogP contribution in [0.25, 0.3) is 0 Å². The van der Waals surface area contributed by atoms with E-state index in [1.165, 1.54) is 5.56 Å². The first-order valence-electron chi connectivity index (χ1n) is 9.74. The summed E-state index contributed by atoms with van der Waals surface area (Å²) in [6.07, 6.45) is 6.46. The first-order valence-corrected chi connectivity index (χ1v) is 9.74. The fourth-order valence-electron chi connectivity index (χ4n) is 3.57. The predicted molar refractivity (Wildman–Crippen MR) is 112 cm³/mol. The quantitative estimate of drug-likeness (QED) is 0.820. The first kappa shape index (κ1) is 21.4. The predicted octanol–water partition coefficient (Wildman–Crippen LogP) is 3.78. The van der Waals surface area contributed by atoms with Gasteiger partial charge in [0.15, 0.2) is 0 Å². The highest BCUT2D eigenvalue weighted by molar-refractivity contribution is 5.85. The molecule has 0 radical (unpaired) electrons. The molecular weight excluding hydrogens is 358 g/mol. The first-order chi connectivity index (χ1) is 12.8. The number of nitrogens with zero attached hydrogens (tertiary/aromatic N) is 2. The number of aromatic nitrogens is 1. The van der Waals surface area contributed by atoms with E-state index in [1.54, 1.807) is 6.20 Å². The molecule has 0 spiro atoms. The number of pyridine rings is 1. The van der Waals surface area contributed by atoms with Crippen molar-refractivity contribution in [3.8, 4) is 0 Å². The van der Waals surface area contributed by atoms with E-state index in [2.05, 4.69) is 46.4 Å². The van der Waals surface area contributed by atoms with Crippen molar-refractivity contribution in [2.75, 3.05) is 13.1 Å². The van der Waals surface area contributed by atoms with Crippen molar-refractivity contribution in [3.05, 3.63) is 65.5 Å². The second-order valence-electron chi connectivity index (χ2n) is 7.02. The lowest BCUT2D eigenvalue weighted by Crippen LogP contribution is -2.41. The van der Waals surface area contributed by atoms with Crippen molar-refractivity contribution in [1.82, 2.24) is 15.2 Å². The molecule has 2 aromatic rings. The van der Waals surface area contributed by atoms with Crippen molar-refractivity contribution >= 4 is 18.3 Å². The second kappa shape index (κ2) is 11.1. The Labute approximate surface area is 168 Å². The Morgan fingerprint density at radius 2 is 1.89 bits per heavy atom. The highest BCUT2D eigenvalue weighted by Crippen LogP contribution is 2.18. The van der Waals surface area contributed by atoms with Crippen LogP contribution >= 0.6 is 12.4 Å². The molecule has 4 nitrogen and oxygen atoms in total. The number of aryl methyl sites for hydroxylation is 1. The van der Waals surface area contributed by atoms with Crippen LogP contribution in [0, 0.1) is 0 Å². The number of hydrogen-bond acceptors (Lipinski definition) is 3. The summed E-state index contributed by atoms with van der Waals surface area (Å²) in [5.74, 6) is 0.201. The molecule has 27 heavy (non-hydrogen) atoms.